The molecule has 1 saturated carbocycles. The summed E-state index contributed by atoms with van der Waals surface area (Å²) in [4.78, 5) is 27.2. The van der Waals surface area contributed by atoms with Crippen LogP contribution in [-0.4, -0.2) is 42.9 Å². The molecule has 1 spiro atoms. The number of halogens is 1. The van der Waals surface area contributed by atoms with Crippen molar-refractivity contribution in [3.8, 4) is 0 Å². The highest BCUT2D eigenvalue weighted by Crippen LogP contribution is 2.62. The van der Waals surface area contributed by atoms with Gasteiger partial charge >= 0.3 is 0 Å². The molecule has 1 aromatic rings. The van der Waals surface area contributed by atoms with Gasteiger partial charge < -0.3 is 16.0 Å². The van der Waals surface area contributed by atoms with Crippen molar-refractivity contribution in [2.45, 2.75) is 37.5 Å². The first-order valence-electron chi connectivity index (χ1n) is 9.50. The maximum atomic E-state index is 13.1. The number of nitrogens with zero attached hydrogens (tertiary/aromatic N) is 1. The summed E-state index contributed by atoms with van der Waals surface area (Å²) < 4.78 is 0. The monoisotopic (exact) mass is 377 g/mol. The number of benzene rings is 1. The molecule has 2 aliphatic carbocycles. The van der Waals surface area contributed by atoms with Crippen LogP contribution in [-0.2, 0) is 21.4 Å². The molecular weight excluding hydrogens is 350 g/mol. The minimum absolute atomic E-state index is 0. The lowest BCUT2D eigenvalue weighted by Gasteiger charge is -2.32. The number of hydrogen-bond acceptors (Lipinski definition) is 3. The third kappa shape index (κ3) is 3.23. The van der Waals surface area contributed by atoms with Crippen LogP contribution in [0.2, 0.25) is 0 Å². The smallest absolute Gasteiger partial charge is 0.226 e. The summed E-state index contributed by atoms with van der Waals surface area (Å²) in [6.45, 7) is 2.30. The molecule has 5 nitrogen and oxygen atoms in total. The van der Waals surface area contributed by atoms with E-state index < -0.39 is 0 Å². The van der Waals surface area contributed by atoms with Crippen molar-refractivity contribution >= 4 is 24.2 Å². The Labute approximate surface area is 161 Å². The van der Waals surface area contributed by atoms with E-state index in [4.69, 9.17) is 5.73 Å². The first kappa shape index (κ1) is 19.2. The lowest BCUT2D eigenvalue weighted by atomic mass is 9.93. The molecule has 4 rings (SSSR count). The predicted molar refractivity (Wildman–Crippen MR) is 103 cm³/mol. The van der Waals surface area contributed by atoms with Gasteiger partial charge in [0.15, 0.2) is 0 Å². The van der Waals surface area contributed by atoms with Crippen molar-refractivity contribution in [3.63, 3.8) is 0 Å². The molecular formula is C20H28ClN3O2. The fraction of sp³-hybridized carbons (Fsp3) is 0.600. The molecule has 1 aromatic carbocycles. The fourth-order valence-electron chi connectivity index (χ4n) is 4.87. The second-order valence-electron chi connectivity index (χ2n) is 7.77. The average Bonchev–Trinajstić information content (AvgIpc) is 3.28. The Morgan fingerprint density at radius 3 is 2.92 bits per heavy atom. The molecule has 6 heteroatoms. The topological polar surface area (TPSA) is 75.4 Å². The van der Waals surface area contributed by atoms with E-state index in [0.717, 1.165) is 38.6 Å². The van der Waals surface area contributed by atoms with Crippen LogP contribution < -0.4 is 11.1 Å². The number of likely N-dealkylation sites (tertiary alicyclic amines) is 1. The van der Waals surface area contributed by atoms with E-state index in [-0.39, 0.29) is 41.5 Å². The van der Waals surface area contributed by atoms with Crippen LogP contribution >= 0.6 is 12.4 Å². The van der Waals surface area contributed by atoms with Crippen molar-refractivity contribution in [1.82, 2.24) is 10.2 Å². The van der Waals surface area contributed by atoms with Gasteiger partial charge in [0.25, 0.3) is 0 Å². The maximum absolute atomic E-state index is 13.1. The van der Waals surface area contributed by atoms with Gasteiger partial charge in [0.05, 0.1) is 5.92 Å². The van der Waals surface area contributed by atoms with E-state index in [2.05, 4.69) is 29.6 Å². The third-order valence-electron chi connectivity index (χ3n) is 6.32. The molecule has 2 fully saturated rings. The molecule has 1 aliphatic heterocycles. The molecule has 3 aliphatic rings. The van der Waals surface area contributed by atoms with Crippen molar-refractivity contribution < 1.29 is 9.59 Å². The number of carbonyl (C=O) groups excluding carboxylic acids is 2. The molecule has 2 amide bonds. The second kappa shape index (κ2) is 7.57. The number of piperidine rings is 1. The molecule has 3 atom stereocenters. The van der Waals surface area contributed by atoms with Crippen LogP contribution in [0.3, 0.4) is 0 Å². The number of rotatable bonds is 4. The van der Waals surface area contributed by atoms with E-state index in [1.54, 1.807) is 0 Å². The Balaban J connectivity index is 0.00000196. The van der Waals surface area contributed by atoms with Crippen molar-refractivity contribution in [2.75, 3.05) is 26.2 Å². The van der Waals surface area contributed by atoms with Gasteiger partial charge in [0, 0.05) is 37.5 Å². The number of aryl methyl sites for hydroxylation is 1. The maximum Gasteiger partial charge on any atom is 0.226 e. The Morgan fingerprint density at radius 1 is 1.31 bits per heavy atom. The fourth-order valence-corrected chi connectivity index (χ4v) is 4.87. The van der Waals surface area contributed by atoms with Gasteiger partial charge in [-0.2, -0.15) is 0 Å². The predicted octanol–water partition coefficient (Wildman–Crippen LogP) is 1.63. The Bertz CT molecular complexity index is 695. The molecule has 3 unspecified atom stereocenters. The van der Waals surface area contributed by atoms with Crippen LogP contribution in [0.15, 0.2) is 24.3 Å². The summed E-state index contributed by atoms with van der Waals surface area (Å²) in [6.07, 6.45) is 4.92. The molecule has 1 saturated heterocycles. The van der Waals surface area contributed by atoms with Gasteiger partial charge in [0.1, 0.15) is 0 Å². The number of nitrogens with two attached hydrogens (primary N) is 1. The Kier molecular flexibility index (Phi) is 5.58. The average molecular weight is 378 g/mol. The highest BCUT2D eigenvalue weighted by Gasteiger charge is 2.62. The number of fused-ring (bicyclic) bond motifs is 2. The van der Waals surface area contributed by atoms with Gasteiger partial charge in [-0.1, -0.05) is 24.3 Å². The Morgan fingerprint density at radius 2 is 2.12 bits per heavy atom. The van der Waals surface area contributed by atoms with E-state index in [9.17, 15) is 9.59 Å². The highest BCUT2D eigenvalue weighted by molar-refractivity contribution is 5.86. The summed E-state index contributed by atoms with van der Waals surface area (Å²) in [7, 11) is 0. The number of carbonyl (C=O) groups is 2. The molecule has 26 heavy (non-hydrogen) atoms. The lowest BCUT2D eigenvalue weighted by molar-refractivity contribution is -0.137. The number of amides is 2. The normalized spacial score (nSPS) is 29.0. The highest BCUT2D eigenvalue weighted by atomic mass is 35.5. The standard InChI is InChI=1S/C20H27N3O2.ClH/c21-9-10-22-18(24)15-5-3-11-23(13-15)19(25)17-12-20(17)8-7-14-4-1-2-6-16(14)20;/h1-2,4,6,15,17H,3,5,7-13,21H2,(H,22,24);1H. The van der Waals surface area contributed by atoms with Gasteiger partial charge in [-0.25, -0.2) is 0 Å². The molecule has 0 aromatic heterocycles. The zero-order valence-electron chi connectivity index (χ0n) is 15.1. The lowest BCUT2D eigenvalue weighted by Crippen LogP contribution is -2.47. The molecule has 3 N–H and O–H groups in total. The second-order valence-corrected chi connectivity index (χ2v) is 7.77. The van der Waals surface area contributed by atoms with Gasteiger partial charge in [0.2, 0.25) is 11.8 Å². The molecule has 142 valence electrons. The van der Waals surface area contributed by atoms with E-state index in [1.165, 1.54) is 11.1 Å². The largest absolute Gasteiger partial charge is 0.355 e. The van der Waals surface area contributed by atoms with E-state index in [0.29, 0.717) is 19.6 Å². The van der Waals surface area contributed by atoms with Crippen LogP contribution in [0.4, 0.5) is 0 Å². The summed E-state index contributed by atoms with van der Waals surface area (Å²) >= 11 is 0. The molecule has 1 heterocycles. The summed E-state index contributed by atoms with van der Waals surface area (Å²) in [5, 5.41) is 2.87. The molecule has 0 radical (unpaired) electrons. The summed E-state index contributed by atoms with van der Waals surface area (Å²) in [5.74, 6) is 0.324. The van der Waals surface area contributed by atoms with Crippen LogP contribution in [0.5, 0.6) is 0 Å². The van der Waals surface area contributed by atoms with Gasteiger partial charge in [-0.05, 0) is 43.2 Å². The van der Waals surface area contributed by atoms with Crippen LogP contribution in [0.1, 0.15) is 36.8 Å². The first-order valence-corrected chi connectivity index (χ1v) is 9.50. The number of nitrogens with one attached hydrogen (secondary N) is 1. The van der Waals surface area contributed by atoms with Gasteiger partial charge in [-0.3, -0.25) is 9.59 Å². The van der Waals surface area contributed by atoms with Crippen LogP contribution in [0, 0.1) is 11.8 Å². The van der Waals surface area contributed by atoms with E-state index >= 15 is 0 Å². The van der Waals surface area contributed by atoms with Crippen molar-refractivity contribution in [2.24, 2.45) is 17.6 Å². The number of hydrogen-bond donors (Lipinski definition) is 2. The minimum atomic E-state index is -0.0881. The quantitative estimate of drug-likeness (QED) is 0.837. The Hall–Kier alpha value is -1.59. The van der Waals surface area contributed by atoms with Crippen molar-refractivity contribution in [1.29, 1.82) is 0 Å². The van der Waals surface area contributed by atoms with E-state index in [1.807, 2.05) is 4.90 Å². The SMILES string of the molecule is Cl.NCCNC(=O)C1CCCN(C(=O)C2CC23CCc2ccccc23)C1. The third-order valence-corrected chi connectivity index (χ3v) is 6.32. The molecule has 0 bridgehead atoms. The van der Waals surface area contributed by atoms with Crippen LogP contribution in [0.25, 0.3) is 0 Å². The first-order chi connectivity index (χ1) is 12.2. The summed E-state index contributed by atoms with van der Waals surface area (Å²) in [6, 6.07) is 8.58. The van der Waals surface area contributed by atoms with Crippen molar-refractivity contribution in [3.05, 3.63) is 35.4 Å². The summed E-state index contributed by atoms with van der Waals surface area (Å²) in [5.41, 5.74) is 8.35. The van der Waals surface area contributed by atoms with Gasteiger partial charge in [-0.15, -0.1) is 12.4 Å². The zero-order valence-corrected chi connectivity index (χ0v) is 15.9. The minimum Gasteiger partial charge on any atom is -0.355 e. The zero-order chi connectivity index (χ0) is 17.4.